The summed E-state index contributed by atoms with van der Waals surface area (Å²) in [5.41, 5.74) is 1.84. The fourth-order valence-corrected chi connectivity index (χ4v) is 3.20. The Kier molecular flexibility index (Phi) is 7.62. The maximum absolute atomic E-state index is 11.8. The molecule has 0 spiro atoms. The standard InChI is InChI=1S/C19H24N2O2S/c1-2-3-4-5-9-12-17(22)18(23)20-13-16-14-24-19(21-16)15-10-7-6-8-11-15/h6-8,10-11,14H,2-5,9,12-13H2,1H3,(H,20,23). The monoisotopic (exact) mass is 344 g/mol. The molecule has 1 heterocycles. The number of thiazole rings is 1. The highest BCUT2D eigenvalue weighted by Gasteiger charge is 2.13. The van der Waals surface area contributed by atoms with Crippen molar-refractivity contribution in [1.29, 1.82) is 0 Å². The predicted molar refractivity (Wildman–Crippen MR) is 97.8 cm³/mol. The molecule has 128 valence electrons. The summed E-state index contributed by atoms with van der Waals surface area (Å²) in [5, 5.41) is 5.50. The van der Waals surface area contributed by atoms with Crippen LogP contribution in [0.5, 0.6) is 0 Å². The van der Waals surface area contributed by atoms with Crippen LogP contribution in [0.3, 0.4) is 0 Å². The van der Waals surface area contributed by atoms with Crippen LogP contribution in [0.1, 0.15) is 51.1 Å². The van der Waals surface area contributed by atoms with Crippen molar-refractivity contribution in [1.82, 2.24) is 10.3 Å². The molecule has 1 aromatic heterocycles. The zero-order chi connectivity index (χ0) is 17.2. The van der Waals surface area contributed by atoms with E-state index in [1.54, 1.807) is 0 Å². The maximum Gasteiger partial charge on any atom is 0.287 e. The van der Waals surface area contributed by atoms with Crippen LogP contribution >= 0.6 is 11.3 Å². The average molecular weight is 344 g/mol. The van der Waals surface area contributed by atoms with Gasteiger partial charge in [-0.3, -0.25) is 9.59 Å². The van der Waals surface area contributed by atoms with Crippen molar-refractivity contribution in [2.75, 3.05) is 0 Å². The van der Waals surface area contributed by atoms with Crippen LogP contribution in [0.4, 0.5) is 0 Å². The number of unbranched alkanes of at least 4 members (excludes halogenated alkanes) is 4. The molecule has 0 aliphatic carbocycles. The number of nitrogens with zero attached hydrogens (tertiary/aromatic N) is 1. The summed E-state index contributed by atoms with van der Waals surface area (Å²) < 4.78 is 0. The highest BCUT2D eigenvalue weighted by Crippen LogP contribution is 2.23. The van der Waals surface area contributed by atoms with Gasteiger partial charge in [-0.25, -0.2) is 4.98 Å². The lowest BCUT2D eigenvalue weighted by molar-refractivity contribution is -0.138. The number of hydrogen-bond acceptors (Lipinski definition) is 4. The number of Topliss-reactive ketones (excluding diaryl/α,β-unsaturated/α-hetero) is 1. The van der Waals surface area contributed by atoms with Gasteiger partial charge in [0.25, 0.3) is 5.91 Å². The first-order chi connectivity index (χ1) is 11.7. The summed E-state index contributed by atoms with van der Waals surface area (Å²) in [5.74, 6) is -0.829. The van der Waals surface area contributed by atoms with Crippen molar-refractivity contribution in [3.63, 3.8) is 0 Å². The number of benzene rings is 1. The molecule has 24 heavy (non-hydrogen) atoms. The fourth-order valence-electron chi connectivity index (χ4n) is 2.37. The molecule has 5 heteroatoms. The molecule has 0 radical (unpaired) electrons. The van der Waals surface area contributed by atoms with E-state index >= 15 is 0 Å². The number of aromatic nitrogens is 1. The van der Waals surface area contributed by atoms with Gasteiger partial charge in [-0.05, 0) is 6.42 Å². The zero-order valence-corrected chi connectivity index (χ0v) is 14.9. The minimum Gasteiger partial charge on any atom is -0.344 e. The van der Waals surface area contributed by atoms with Crippen molar-refractivity contribution in [3.05, 3.63) is 41.4 Å². The second-order valence-electron chi connectivity index (χ2n) is 5.78. The lowest BCUT2D eigenvalue weighted by atomic mass is 10.1. The second kappa shape index (κ2) is 9.98. The van der Waals surface area contributed by atoms with Crippen molar-refractivity contribution < 1.29 is 9.59 Å². The van der Waals surface area contributed by atoms with E-state index in [4.69, 9.17) is 0 Å². The summed E-state index contributed by atoms with van der Waals surface area (Å²) in [7, 11) is 0. The van der Waals surface area contributed by atoms with Gasteiger partial charge in [0.05, 0.1) is 12.2 Å². The Hall–Kier alpha value is -2.01. The van der Waals surface area contributed by atoms with Gasteiger partial charge in [0, 0.05) is 17.4 Å². The molecule has 0 bridgehead atoms. The first kappa shape index (κ1) is 18.3. The van der Waals surface area contributed by atoms with Crippen molar-refractivity contribution in [2.24, 2.45) is 0 Å². The Bertz CT molecular complexity index is 652. The zero-order valence-electron chi connectivity index (χ0n) is 14.1. The van der Waals surface area contributed by atoms with Crippen LogP contribution in [0.25, 0.3) is 10.6 Å². The van der Waals surface area contributed by atoms with E-state index < -0.39 is 5.91 Å². The number of carbonyl (C=O) groups is 2. The van der Waals surface area contributed by atoms with E-state index in [-0.39, 0.29) is 5.78 Å². The first-order valence-electron chi connectivity index (χ1n) is 8.51. The molecule has 1 N–H and O–H groups in total. The molecule has 0 aliphatic rings. The minimum atomic E-state index is -0.500. The van der Waals surface area contributed by atoms with Crippen molar-refractivity contribution in [3.8, 4) is 10.6 Å². The number of carbonyl (C=O) groups excluding carboxylic acids is 2. The maximum atomic E-state index is 11.8. The Morgan fingerprint density at radius 1 is 1.08 bits per heavy atom. The van der Waals surface area contributed by atoms with E-state index in [2.05, 4.69) is 17.2 Å². The molecule has 0 unspecified atom stereocenters. The summed E-state index contributed by atoms with van der Waals surface area (Å²) in [4.78, 5) is 28.1. The smallest absolute Gasteiger partial charge is 0.287 e. The largest absolute Gasteiger partial charge is 0.344 e. The molecular formula is C19H24N2O2S. The van der Waals surface area contributed by atoms with Gasteiger partial charge in [-0.1, -0.05) is 62.9 Å². The fraction of sp³-hybridized carbons (Fsp3) is 0.421. The van der Waals surface area contributed by atoms with Gasteiger partial charge in [0.1, 0.15) is 5.01 Å². The van der Waals surface area contributed by atoms with Crippen molar-refractivity contribution in [2.45, 2.75) is 52.0 Å². The van der Waals surface area contributed by atoms with Crippen molar-refractivity contribution >= 4 is 23.0 Å². The van der Waals surface area contributed by atoms with Gasteiger partial charge < -0.3 is 5.32 Å². The highest BCUT2D eigenvalue weighted by molar-refractivity contribution is 7.13. The third-order valence-electron chi connectivity index (χ3n) is 3.76. The van der Waals surface area contributed by atoms with Crippen LogP contribution < -0.4 is 5.32 Å². The summed E-state index contributed by atoms with van der Waals surface area (Å²) in [6.45, 7) is 2.45. The summed E-state index contributed by atoms with van der Waals surface area (Å²) in [6, 6.07) is 9.91. The number of rotatable bonds is 10. The number of ketones is 1. The molecule has 0 saturated carbocycles. The molecule has 2 rings (SSSR count). The molecule has 1 aromatic carbocycles. The van der Waals surface area contributed by atoms with Gasteiger partial charge >= 0.3 is 0 Å². The normalized spacial score (nSPS) is 10.5. The number of nitrogens with one attached hydrogen (secondary N) is 1. The van der Waals surface area contributed by atoms with Gasteiger partial charge in [-0.15, -0.1) is 11.3 Å². The molecule has 4 nitrogen and oxygen atoms in total. The Morgan fingerprint density at radius 2 is 1.83 bits per heavy atom. The Labute approximate surface area is 147 Å². The van der Waals surface area contributed by atoms with Crippen LogP contribution in [-0.4, -0.2) is 16.7 Å². The molecule has 0 atom stereocenters. The van der Waals surface area contributed by atoms with Crippen LogP contribution in [-0.2, 0) is 16.1 Å². The summed E-state index contributed by atoms with van der Waals surface area (Å²) in [6.07, 6.45) is 5.63. The number of amides is 1. The third-order valence-corrected chi connectivity index (χ3v) is 4.70. The van der Waals surface area contributed by atoms with E-state index in [0.29, 0.717) is 13.0 Å². The molecule has 0 saturated heterocycles. The lowest BCUT2D eigenvalue weighted by Gasteiger charge is -2.03. The first-order valence-corrected chi connectivity index (χ1v) is 9.39. The molecule has 2 aromatic rings. The summed E-state index contributed by atoms with van der Waals surface area (Å²) >= 11 is 1.54. The molecule has 0 fully saturated rings. The van der Waals surface area contributed by atoms with Gasteiger partial charge in [-0.2, -0.15) is 0 Å². The van der Waals surface area contributed by atoms with E-state index in [1.165, 1.54) is 24.2 Å². The highest BCUT2D eigenvalue weighted by atomic mass is 32.1. The number of hydrogen-bond donors (Lipinski definition) is 1. The lowest BCUT2D eigenvalue weighted by Crippen LogP contribution is -2.30. The van der Waals surface area contributed by atoms with Gasteiger partial charge in [0.15, 0.2) is 0 Å². The molecule has 0 aliphatic heterocycles. The topological polar surface area (TPSA) is 59.1 Å². The molecular weight excluding hydrogens is 320 g/mol. The van der Waals surface area contributed by atoms with Crippen LogP contribution in [0, 0.1) is 0 Å². The third kappa shape index (κ3) is 5.89. The second-order valence-corrected chi connectivity index (χ2v) is 6.64. The Balaban J connectivity index is 1.74. The minimum absolute atomic E-state index is 0.295. The molecule has 1 amide bonds. The predicted octanol–water partition coefficient (Wildman–Crippen LogP) is 4.36. The van der Waals surface area contributed by atoms with E-state index in [9.17, 15) is 9.59 Å². The van der Waals surface area contributed by atoms with E-state index in [0.717, 1.165) is 35.5 Å². The Morgan fingerprint density at radius 3 is 2.58 bits per heavy atom. The quantitative estimate of drug-likeness (QED) is 0.515. The van der Waals surface area contributed by atoms with Crippen LogP contribution in [0.15, 0.2) is 35.7 Å². The SMILES string of the molecule is CCCCCCCC(=O)C(=O)NCc1csc(-c2ccccc2)n1. The average Bonchev–Trinajstić information content (AvgIpc) is 3.09. The van der Waals surface area contributed by atoms with Crippen LogP contribution in [0.2, 0.25) is 0 Å². The van der Waals surface area contributed by atoms with E-state index in [1.807, 2.05) is 35.7 Å². The van der Waals surface area contributed by atoms with Gasteiger partial charge in [0.2, 0.25) is 5.78 Å².